The van der Waals surface area contributed by atoms with Crippen LogP contribution in [-0.2, 0) is 0 Å². The minimum absolute atomic E-state index is 0.192. The Hall–Kier alpha value is -0.120. The van der Waals surface area contributed by atoms with Gasteiger partial charge in [0.05, 0.1) is 6.10 Å². The van der Waals surface area contributed by atoms with Crippen molar-refractivity contribution in [2.45, 2.75) is 44.6 Å². The first-order chi connectivity index (χ1) is 6.22. The van der Waals surface area contributed by atoms with Gasteiger partial charge in [0.25, 0.3) is 0 Å². The van der Waals surface area contributed by atoms with Crippen LogP contribution in [0.25, 0.3) is 0 Å². The predicted molar refractivity (Wildman–Crippen MR) is 54.3 cm³/mol. The zero-order chi connectivity index (χ0) is 9.73. The molecule has 0 bridgehead atoms. The minimum Gasteiger partial charge on any atom is -0.392 e. The lowest BCUT2D eigenvalue weighted by Gasteiger charge is -2.37. The summed E-state index contributed by atoms with van der Waals surface area (Å²) in [7, 11) is 0. The van der Waals surface area contributed by atoms with Crippen LogP contribution in [0.2, 0.25) is 0 Å². The molecule has 1 unspecified atom stereocenters. The van der Waals surface area contributed by atoms with Crippen molar-refractivity contribution in [1.82, 2.24) is 0 Å². The van der Waals surface area contributed by atoms with Crippen LogP contribution in [0.5, 0.6) is 0 Å². The van der Waals surface area contributed by atoms with Crippen LogP contribution in [0.15, 0.2) is 0 Å². The van der Waals surface area contributed by atoms with E-state index in [1.54, 1.807) is 0 Å². The highest BCUT2D eigenvalue weighted by Gasteiger charge is 2.32. The molecule has 1 aliphatic rings. The Labute approximate surface area is 80.5 Å². The van der Waals surface area contributed by atoms with Gasteiger partial charge in [0.1, 0.15) is 0 Å². The summed E-state index contributed by atoms with van der Waals surface area (Å²) in [6, 6.07) is 0. The number of nitrogens with two attached hydrogens (primary N) is 2. The van der Waals surface area contributed by atoms with E-state index in [0.717, 1.165) is 6.42 Å². The summed E-state index contributed by atoms with van der Waals surface area (Å²) in [6.45, 7) is 1.06. The van der Waals surface area contributed by atoms with Crippen molar-refractivity contribution in [2.75, 3.05) is 13.1 Å². The van der Waals surface area contributed by atoms with Crippen molar-refractivity contribution < 1.29 is 5.11 Å². The lowest BCUT2D eigenvalue weighted by atomic mass is 9.71. The van der Waals surface area contributed by atoms with E-state index in [2.05, 4.69) is 0 Å². The van der Waals surface area contributed by atoms with Crippen LogP contribution in [0, 0.1) is 5.41 Å². The molecule has 1 fully saturated rings. The summed E-state index contributed by atoms with van der Waals surface area (Å²) < 4.78 is 0. The van der Waals surface area contributed by atoms with Crippen molar-refractivity contribution >= 4 is 0 Å². The van der Waals surface area contributed by atoms with Gasteiger partial charge in [-0.15, -0.1) is 0 Å². The fraction of sp³-hybridized carbons (Fsp3) is 1.00. The zero-order valence-corrected chi connectivity index (χ0v) is 8.34. The number of rotatable bonds is 4. The van der Waals surface area contributed by atoms with Crippen molar-refractivity contribution in [3.63, 3.8) is 0 Å². The molecule has 1 atom stereocenters. The summed E-state index contributed by atoms with van der Waals surface area (Å²) in [5, 5.41) is 9.53. The van der Waals surface area contributed by atoms with Crippen LogP contribution in [0.3, 0.4) is 0 Å². The molecule has 3 heteroatoms. The molecule has 0 spiro atoms. The van der Waals surface area contributed by atoms with E-state index in [4.69, 9.17) is 11.5 Å². The zero-order valence-electron chi connectivity index (χ0n) is 8.34. The second-order valence-corrected chi connectivity index (χ2v) is 4.36. The third kappa shape index (κ3) is 2.93. The molecule has 1 aliphatic carbocycles. The predicted octanol–water partition coefficient (Wildman–Crippen LogP) is 0.605. The SMILES string of the molecule is NCC(O)CC1(CN)CCCCC1. The Morgan fingerprint density at radius 1 is 1.15 bits per heavy atom. The monoisotopic (exact) mass is 186 g/mol. The standard InChI is InChI=1S/C10H22N2O/c11-7-9(13)6-10(8-12)4-2-1-3-5-10/h9,13H,1-8,11-12H2. The minimum atomic E-state index is -0.360. The number of aliphatic hydroxyl groups excluding tert-OH is 1. The molecule has 78 valence electrons. The molecule has 0 heterocycles. The van der Waals surface area contributed by atoms with E-state index in [1.165, 1.54) is 32.1 Å². The Morgan fingerprint density at radius 2 is 1.77 bits per heavy atom. The van der Waals surface area contributed by atoms with Gasteiger partial charge >= 0.3 is 0 Å². The molecule has 0 aromatic carbocycles. The Balaban J connectivity index is 2.47. The molecule has 0 aliphatic heterocycles. The third-order valence-electron chi connectivity index (χ3n) is 3.29. The van der Waals surface area contributed by atoms with Gasteiger partial charge in [-0.1, -0.05) is 19.3 Å². The molecule has 1 saturated carbocycles. The van der Waals surface area contributed by atoms with E-state index in [0.29, 0.717) is 13.1 Å². The van der Waals surface area contributed by atoms with Crippen molar-refractivity contribution in [3.05, 3.63) is 0 Å². The van der Waals surface area contributed by atoms with Crippen LogP contribution in [0.1, 0.15) is 38.5 Å². The third-order valence-corrected chi connectivity index (χ3v) is 3.29. The second kappa shape index (κ2) is 4.94. The lowest BCUT2D eigenvalue weighted by Crippen LogP contribution is -2.38. The van der Waals surface area contributed by atoms with Gasteiger partial charge in [-0.3, -0.25) is 0 Å². The van der Waals surface area contributed by atoms with E-state index in [1.807, 2.05) is 0 Å². The molecule has 0 amide bonds. The summed E-state index contributed by atoms with van der Waals surface area (Å²) in [5.41, 5.74) is 11.4. The lowest BCUT2D eigenvalue weighted by molar-refractivity contribution is 0.0796. The summed E-state index contributed by atoms with van der Waals surface area (Å²) in [6.07, 6.45) is 6.60. The Kier molecular flexibility index (Phi) is 4.16. The fourth-order valence-electron chi connectivity index (χ4n) is 2.38. The largest absolute Gasteiger partial charge is 0.392 e. The first-order valence-electron chi connectivity index (χ1n) is 5.31. The smallest absolute Gasteiger partial charge is 0.0668 e. The highest BCUT2D eigenvalue weighted by atomic mass is 16.3. The average molecular weight is 186 g/mol. The van der Waals surface area contributed by atoms with Gasteiger partial charge in [-0.2, -0.15) is 0 Å². The Morgan fingerprint density at radius 3 is 2.23 bits per heavy atom. The second-order valence-electron chi connectivity index (χ2n) is 4.36. The van der Waals surface area contributed by atoms with E-state index < -0.39 is 0 Å². The molecular weight excluding hydrogens is 164 g/mol. The van der Waals surface area contributed by atoms with E-state index in [-0.39, 0.29) is 11.5 Å². The maximum atomic E-state index is 9.53. The first kappa shape index (κ1) is 11.0. The van der Waals surface area contributed by atoms with E-state index >= 15 is 0 Å². The van der Waals surface area contributed by atoms with E-state index in [9.17, 15) is 5.11 Å². The highest BCUT2D eigenvalue weighted by Crippen LogP contribution is 2.39. The maximum Gasteiger partial charge on any atom is 0.0668 e. The molecule has 3 nitrogen and oxygen atoms in total. The molecule has 5 N–H and O–H groups in total. The van der Waals surface area contributed by atoms with Crippen LogP contribution < -0.4 is 11.5 Å². The van der Waals surface area contributed by atoms with Crippen LogP contribution >= 0.6 is 0 Å². The molecule has 0 aromatic heterocycles. The average Bonchev–Trinajstić information content (AvgIpc) is 2.19. The fourth-order valence-corrected chi connectivity index (χ4v) is 2.38. The summed E-state index contributed by atoms with van der Waals surface area (Å²) in [4.78, 5) is 0. The molecule has 1 rings (SSSR count). The normalized spacial score (nSPS) is 24.2. The molecule has 0 aromatic rings. The van der Waals surface area contributed by atoms with Gasteiger partial charge in [0.15, 0.2) is 0 Å². The maximum absolute atomic E-state index is 9.53. The van der Waals surface area contributed by atoms with Gasteiger partial charge in [-0.05, 0) is 31.2 Å². The molecule has 0 saturated heterocycles. The number of hydrogen-bond donors (Lipinski definition) is 3. The molecular formula is C10H22N2O. The van der Waals surface area contributed by atoms with Gasteiger partial charge in [-0.25, -0.2) is 0 Å². The number of hydrogen-bond acceptors (Lipinski definition) is 3. The van der Waals surface area contributed by atoms with Crippen LogP contribution in [-0.4, -0.2) is 24.3 Å². The first-order valence-corrected chi connectivity index (χ1v) is 5.31. The van der Waals surface area contributed by atoms with Crippen LogP contribution in [0.4, 0.5) is 0 Å². The highest BCUT2D eigenvalue weighted by molar-refractivity contribution is 4.86. The van der Waals surface area contributed by atoms with Gasteiger partial charge in [0, 0.05) is 6.54 Å². The summed E-state index contributed by atoms with van der Waals surface area (Å²) >= 11 is 0. The Bertz CT molecular complexity index is 144. The molecule has 0 radical (unpaired) electrons. The number of aliphatic hydroxyl groups is 1. The van der Waals surface area contributed by atoms with Gasteiger partial charge < -0.3 is 16.6 Å². The van der Waals surface area contributed by atoms with Crippen molar-refractivity contribution in [1.29, 1.82) is 0 Å². The van der Waals surface area contributed by atoms with Gasteiger partial charge in [0.2, 0.25) is 0 Å². The summed E-state index contributed by atoms with van der Waals surface area (Å²) in [5.74, 6) is 0. The quantitative estimate of drug-likeness (QED) is 0.602. The van der Waals surface area contributed by atoms with Crippen molar-refractivity contribution in [2.24, 2.45) is 16.9 Å². The van der Waals surface area contributed by atoms with Crippen molar-refractivity contribution in [3.8, 4) is 0 Å². The topological polar surface area (TPSA) is 72.3 Å². The molecule has 13 heavy (non-hydrogen) atoms.